The summed E-state index contributed by atoms with van der Waals surface area (Å²) in [6.45, 7) is 2.77. The molecule has 0 atom stereocenters. The summed E-state index contributed by atoms with van der Waals surface area (Å²) in [4.78, 5) is 25.4. The molecule has 6 heteroatoms. The Morgan fingerprint density at radius 2 is 2.04 bits per heavy atom. The van der Waals surface area contributed by atoms with Gasteiger partial charge in [0.15, 0.2) is 6.61 Å². The molecule has 1 N–H and O–H groups in total. The molecule has 6 nitrogen and oxygen atoms in total. The first-order valence-electron chi connectivity index (χ1n) is 8.82. The number of hydrogen-bond donors (Lipinski definition) is 1. The Bertz CT molecular complexity index is 859. The van der Waals surface area contributed by atoms with E-state index in [1.54, 1.807) is 31.3 Å². The second-order valence-corrected chi connectivity index (χ2v) is 6.16. The third-order valence-electron chi connectivity index (χ3n) is 4.09. The van der Waals surface area contributed by atoms with Gasteiger partial charge in [-0.3, -0.25) is 9.59 Å². The Morgan fingerprint density at radius 3 is 2.78 bits per heavy atom. The molecule has 2 aromatic rings. The average Bonchev–Trinajstić information content (AvgIpc) is 2.69. The lowest BCUT2D eigenvalue weighted by Gasteiger charge is -2.26. The van der Waals surface area contributed by atoms with Crippen LogP contribution < -0.4 is 19.7 Å². The molecule has 0 bridgehead atoms. The SMILES string of the molecule is CCCOc1ccc(/C=C/C(=O)Nc2ccc3c(c2)N(C)C(=O)CO3)cc1. The summed E-state index contributed by atoms with van der Waals surface area (Å²) in [5.74, 6) is 1.05. The molecule has 2 aromatic carbocycles. The van der Waals surface area contributed by atoms with Gasteiger partial charge in [-0.1, -0.05) is 19.1 Å². The molecule has 1 aliphatic heterocycles. The maximum atomic E-state index is 12.2. The topological polar surface area (TPSA) is 67.9 Å². The van der Waals surface area contributed by atoms with Crippen LogP contribution in [0.5, 0.6) is 11.5 Å². The minimum atomic E-state index is -0.257. The Morgan fingerprint density at radius 1 is 1.26 bits per heavy atom. The van der Waals surface area contributed by atoms with E-state index in [9.17, 15) is 9.59 Å². The maximum absolute atomic E-state index is 12.2. The van der Waals surface area contributed by atoms with Crippen LogP contribution in [0, 0.1) is 0 Å². The molecular weight excluding hydrogens is 344 g/mol. The van der Waals surface area contributed by atoms with Crippen molar-refractivity contribution < 1.29 is 19.1 Å². The number of likely N-dealkylation sites (N-methyl/N-ethyl adjacent to an activating group) is 1. The first-order chi connectivity index (χ1) is 13.1. The lowest BCUT2D eigenvalue weighted by molar-refractivity contribution is -0.121. The van der Waals surface area contributed by atoms with Gasteiger partial charge in [-0.25, -0.2) is 0 Å². The summed E-state index contributed by atoms with van der Waals surface area (Å²) in [6.07, 6.45) is 4.16. The Labute approximate surface area is 158 Å². The largest absolute Gasteiger partial charge is 0.494 e. The number of fused-ring (bicyclic) bond motifs is 1. The lowest BCUT2D eigenvalue weighted by atomic mass is 10.2. The van der Waals surface area contributed by atoms with Crippen molar-refractivity contribution in [3.8, 4) is 11.5 Å². The Balaban J connectivity index is 1.62. The summed E-state index contributed by atoms with van der Waals surface area (Å²) in [5, 5.41) is 2.79. The molecule has 0 saturated carbocycles. The van der Waals surface area contributed by atoms with Crippen LogP contribution in [0.3, 0.4) is 0 Å². The molecular formula is C21H22N2O4. The van der Waals surface area contributed by atoms with E-state index in [1.807, 2.05) is 24.3 Å². The fraction of sp³-hybridized carbons (Fsp3) is 0.238. The molecule has 0 aliphatic carbocycles. The van der Waals surface area contributed by atoms with Crippen molar-refractivity contribution >= 4 is 29.3 Å². The minimum Gasteiger partial charge on any atom is -0.494 e. The molecule has 140 valence electrons. The summed E-state index contributed by atoms with van der Waals surface area (Å²) < 4.78 is 10.9. The smallest absolute Gasteiger partial charge is 0.264 e. The van der Waals surface area contributed by atoms with Crippen LogP contribution in [0.4, 0.5) is 11.4 Å². The number of nitrogens with one attached hydrogen (secondary N) is 1. The quantitative estimate of drug-likeness (QED) is 0.795. The summed E-state index contributed by atoms with van der Waals surface area (Å²) in [5.41, 5.74) is 2.13. The molecule has 0 unspecified atom stereocenters. The molecule has 3 rings (SSSR count). The van der Waals surface area contributed by atoms with E-state index >= 15 is 0 Å². The molecule has 1 heterocycles. The van der Waals surface area contributed by atoms with E-state index in [-0.39, 0.29) is 18.4 Å². The highest BCUT2D eigenvalue weighted by molar-refractivity contribution is 6.03. The van der Waals surface area contributed by atoms with Crippen molar-refractivity contribution in [2.75, 3.05) is 30.5 Å². The highest BCUT2D eigenvalue weighted by Gasteiger charge is 2.22. The van der Waals surface area contributed by atoms with Crippen LogP contribution in [0.25, 0.3) is 6.08 Å². The predicted molar refractivity (Wildman–Crippen MR) is 105 cm³/mol. The fourth-order valence-corrected chi connectivity index (χ4v) is 2.60. The van der Waals surface area contributed by atoms with Gasteiger partial charge in [-0.2, -0.15) is 0 Å². The monoisotopic (exact) mass is 366 g/mol. The van der Waals surface area contributed by atoms with E-state index in [1.165, 1.54) is 11.0 Å². The normalized spacial score (nSPS) is 13.3. The molecule has 0 aromatic heterocycles. The highest BCUT2D eigenvalue weighted by atomic mass is 16.5. The number of hydrogen-bond acceptors (Lipinski definition) is 4. The fourth-order valence-electron chi connectivity index (χ4n) is 2.60. The van der Waals surface area contributed by atoms with Gasteiger partial charge in [0.1, 0.15) is 11.5 Å². The number of ether oxygens (including phenoxy) is 2. The second kappa shape index (κ2) is 8.40. The zero-order chi connectivity index (χ0) is 19.2. The van der Waals surface area contributed by atoms with E-state index in [2.05, 4.69) is 12.2 Å². The third kappa shape index (κ3) is 4.67. The minimum absolute atomic E-state index is 0.0280. The van der Waals surface area contributed by atoms with Crippen molar-refractivity contribution in [1.29, 1.82) is 0 Å². The van der Waals surface area contributed by atoms with Gasteiger partial charge in [-0.15, -0.1) is 0 Å². The Kier molecular flexibility index (Phi) is 5.76. The van der Waals surface area contributed by atoms with E-state index in [4.69, 9.17) is 9.47 Å². The van der Waals surface area contributed by atoms with Gasteiger partial charge in [0.25, 0.3) is 5.91 Å². The van der Waals surface area contributed by atoms with Gasteiger partial charge in [-0.05, 0) is 48.4 Å². The number of carbonyl (C=O) groups excluding carboxylic acids is 2. The summed E-state index contributed by atoms with van der Waals surface area (Å²) >= 11 is 0. The van der Waals surface area contributed by atoms with Gasteiger partial charge in [0, 0.05) is 18.8 Å². The van der Waals surface area contributed by atoms with Crippen LogP contribution in [0.1, 0.15) is 18.9 Å². The van der Waals surface area contributed by atoms with Crippen LogP contribution in [0.2, 0.25) is 0 Å². The van der Waals surface area contributed by atoms with Gasteiger partial charge in [0.05, 0.1) is 12.3 Å². The van der Waals surface area contributed by atoms with Crippen molar-refractivity contribution in [2.24, 2.45) is 0 Å². The van der Waals surface area contributed by atoms with E-state index in [0.717, 1.165) is 17.7 Å². The average molecular weight is 366 g/mol. The van der Waals surface area contributed by atoms with Crippen LogP contribution in [0.15, 0.2) is 48.5 Å². The number of rotatable bonds is 6. The first kappa shape index (κ1) is 18.5. The number of benzene rings is 2. The number of amides is 2. The van der Waals surface area contributed by atoms with Gasteiger partial charge < -0.3 is 19.7 Å². The van der Waals surface area contributed by atoms with Crippen LogP contribution in [-0.2, 0) is 9.59 Å². The first-order valence-corrected chi connectivity index (χ1v) is 8.82. The standard InChI is InChI=1S/C21H22N2O4/c1-3-12-26-17-8-4-15(5-9-17)6-11-20(24)22-16-7-10-19-18(13-16)23(2)21(25)14-27-19/h4-11,13H,3,12,14H2,1-2H3,(H,22,24)/b11-6+. The number of anilines is 2. The van der Waals surface area contributed by atoms with Gasteiger partial charge in [0.2, 0.25) is 5.91 Å². The lowest BCUT2D eigenvalue weighted by Crippen LogP contribution is -2.35. The zero-order valence-electron chi connectivity index (χ0n) is 15.4. The summed E-state index contributed by atoms with van der Waals surface area (Å²) in [6, 6.07) is 12.8. The maximum Gasteiger partial charge on any atom is 0.264 e. The van der Waals surface area contributed by atoms with Crippen molar-refractivity contribution in [3.63, 3.8) is 0 Å². The molecule has 2 amide bonds. The highest BCUT2D eigenvalue weighted by Crippen LogP contribution is 2.33. The van der Waals surface area contributed by atoms with Gasteiger partial charge >= 0.3 is 0 Å². The number of carbonyl (C=O) groups is 2. The van der Waals surface area contributed by atoms with Crippen molar-refractivity contribution in [2.45, 2.75) is 13.3 Å². The molecule has 0 radical (unpaired) electrons. The molecule has 1 aliphatic rings. The Hall–Kier alpha value is -3.28. The van der Waals surface area contributed by atoms with E-state index in [0.29, 0.717) is 23.7 Å². The van der Waals surface area contributed by atoms with Crippen molar-refractivity contribution in [3.05, 3.63) is 54.1 Å². The molecule has 0 spiro atoms. The molecule has 27 heavy (non-hydrogen) atoms. The zero-order valence-corrected chi connectivity index (χ0v) is 15.4. The van der Waals surface area contributed by atoms with Crippen LogP contribution in [-0.4, -0.2) is 32.1 Å². The molecule has 0 saturated heterocycles. The van der Waals surface area contributed by atoms with Crippen LogP contribution >= 0.6 is 0 Å². The summed E-state index contributed by atoms with van der Waals surface area (Å²) in [7, 11) is 1.68. The predicted octanol–water partition coefficient (Wildman–Crippen LogP) is 3.48. The number of nitrogens with zero attached hydrogens (tertiary/aromatic N) is 1. The van der Waals surface area contributed by atoms with E-state index < -0.39 is 0 Å². The third-order valence-corrected chi connectivity index (χ3v) is 4.09. The van der Waals surface area contributed by atoms with Crippen molar-refractivity contribution in [1.82, 2.24) is 0 Å². The molecule has 0 fully saturated rings. The second-order valence-electron chi connectivity index (χ2n) is 6.16.